The molecule has 1 aliphatic heterocycles. The summed E-state index contributed by atoms with van der Waals surface area (Å²) in [4.78, 5) is 13.7. The minimum absolute atomic E-state index is 0.137. The maximum absolute atomic E-state index is 11.3. The highest BCUT2D eigenvalue weighted by Gasteiger charge is 2.33. The van der Waals surface area contributed by atoms with Gasteiger partial charge in [0.2, 0.25) is 0 Å². The van der Waals surface area contributed by atoms with Crippen LogP contribution in [-0.2, 0) is 4.79 Å². The van der Waals surface area contributed by atoms with E-state index in [1.807, 2.05) is 0 Å². The third-order valence-electron chi connectivity index (χ3n) is 4.72. The Balaban J connectivity index is 2.52. The van der Waals surface area contributed by atoms with E-state index >= 15 is 0 Å². The number of carboxylic acid groups (broad SMARTS) is 1. The van der Waals surface area contributed by atoms with Crippen LogP contribution in [0, 0.1) is 0 Å². The molecule has 0 aromatic heterocycles. The second-order valence-corrected chi connectivity index (χ2v) is 6.63. The highest BCUT2D eigenvalue weighted by Crippen LogP contribution is 2.29. The Bertz CT molecular complexity index is 272. The van der Waals surface area contributed by atoms with E-state index in [4.69, 9.17) is 0 Å². The molecule has 1 unspecified atom stereocenters. The van der Waals surface area contributed by atoms with Crippen LogP contribution in [0.2, 0.25) is 0 Å². The molecule has 0 bridgehead atoms. The summed E-state index contributed by atoms with van der Waals surface area (Å²) in [6, 6.07) is 0. The zero-order chi connectivity index (χ0) is 14.8. The molecule has 20 heavy (non-hydrogen) atoms. The van der Waals surface area contributed by atoms with Gasteiger partial charge in [0.1, 0.15) is 0 Å². The predicted octanol–water partition coefficient (Wildman–Crippen LogP) is 4.46. The van der Waals surface area contributed by atoms with E-state index in [-0.39, 0.29) is 5.54 Å². The Hall–Kier alpha value is -0.570. The largest absolute Gasteiger partial charge is 0.481 e. The number of nitrogens with zero attached hydrogens (tertiary/aromatic N) is 1. The fraction of sp³-hybridized carbons (Fsp3) is 0.941. The van der Waals surface area contributed by atoms with Crippen molar-refractivity contribution in [1.29, 1.82) is 0 Å². The molecular weight excluding hydrogens is 250 g/mol. The maximum atomic E-state index is 11.3. The van der Waals surface area contributed by atoms with Crippen LogP contribution >= 0.6 is 0 Å². The topological polar surface area (TPSA) is 40.5 Å². The fourth-order valence-corrected chi connectivity index (χ4v) is 3.40. The van der Waals surface area contributed by atoms with Gasteiger partial charge in [-0.05, 0) is 39.3 Å². The molecule has 118 valence electrons. The molecule has 1 atom stereocenters. The Kier molecular flexibility index (Phi) is 8.20. The lowest BCUT2D eigenvalue weighted by molar-refractivity contribution is -0.140. The van der Waals surface area contributed by atoms with Crippen molar-refractivity contribution in [2.45, 2.75) is 90.0 Å². The van der Waals surface area contributed by atoms with Crippen LogP contribution in [0.4, 0.5) is 0 Å². The zero-order valence-corrected chi connectivity index (χ0v) is 13.5. The van der Waals surface area contributed by atoms with Crippen molar-refractivity contribution in [2.24, 2.45) is 0 Å². The molecule has 1 rings (SSSR count). The molecule has 0 aromatic carbocycles. The average molecular weight is 283 g/mol. The minimum Gasteiger partial charge on any atom is -0.481 e. The van der Waals surface area contributed by atoms with Crippen LogP contribution in [0.5, 0.6) is 0 Å². The number of unbranched alkanes of at least 4 members (excludes halogenated alkanes) is 4. The van der Waals surface area contributed by atoms with Crippen molar-refractivity contribution in [3.63, 3.8) is 0 Å². The first-order chi connectivity index (χ1) is 9.58. The highest BCUT2D eigenvalue weighted by atomic mass is 16.4. The predicted molar refractivity (Wildman–Crippen MR) is 84.1 cm³/mol. The van der Waals surface area contributed by atoms with Crippen LogP contribution in [0.15, 0.2) is 0 Å². The van der Waals surface area contributed by atoms with Crippen molar-refractivity contribution in [3.05, 3.63) is 0 Å². The summed E-state index contributed by atoms with van der Waals surface area (Å²) in [5, 5.41) is 9.26. The summed E-state index contributed by atoms with van der Waals surface area (Å²) in [7, 11) is 0. The molecule has 0 saturated carbocycles. The lowest BCUT2D eigenvalue weighted by Gasteiger charge is -2.40. The fourth-order valence-electron chi connectivity index (χ4n) is 3.40. The number of carboxylic acids is 1. The molecule has 0 radical (unpaired) electrons. The van der Waals surface area contributed by atoms with Gasteiger partial charge in [-0.25, -0.2) is 0 Å². The number of likely N-dealkylation sites (tertiary alicyclic amines) is 1. The molecule has 1 saturated heterocycles. The summed E-state index contributed by atoms with van der Waals surface area (Å²) in [5.41, 5.74) is -0.137. The number of hydrogen-bond acceptors (Lipinski definition) is 2. The highest BCUT2D eigenvalue weighted by molar-refractivity contribution is 5.68. The van der Waals surface area contributed by atoms with Gasteiger partial charge in [-0.3, -0.25) is 9.69 Å². The van der Waals surface area contributed by atoms with E-state index < -0.39 is 5.97 Å². The number of aliphatic carboxylic acids is 1. The van der Waals surface area contributed by atoms with Crippen molar-refractivity contribution in [2.75, 3.05) is 13.1 Å². The van der Waals surface area contributed by atoms with Gasteiger partial charge in [0.15, 0.2) is 0 Å². The van der Waals surface area contributed by atoms with Gasteiger partial charge in [0.25, 0.3) is 0 Å². The number of rotatable bonds is 9. The van der Waals surface area contributed by atoms with Crippen LogP contribution in [-0.4, -0.2) is 34.6 Å². The van der Waals surface area contributed by atoms with E-state index in [2.05, 4.69) is 18.7 Å². The van der Waals surface area contributed by atoms with E-state index in [1.165, 1.54) is 57.8 Å². The Labute approximate surface area is 124 Å². The average Bonchev–Trinajstić information content (AvgIpc) is 2.67. The van der Waals surface area contributed by atoms with Gasteiger partial charge < -0.3 is 5.11 Å². The van der Waals surface area contributed by atoms with Crippen molar-refractivity contribution in [3.8, 4) is 0 Å². The quantitative estimate of drug-likeness (QED) is 0.635. The standard InChI is InChI=1S/C17H33NO2/c1-3-4-5-6-9-12-17(2,15-16(19)20)18-13-10-7-8-11-14-18/h3-15H2,1-2H3,(H,19,20). The SMILES string of the molecule is CCCCCCCC(C)(CC(=O)O)N1CCCCCC1. The van der Waals surface area contributed by atoms with E-state index in [0.717, 1.165) is 19.5 Å². The van der Waals surface area contributed by atoms with Gasteiger partial charge in [0, 0.05) is 5.54 Å². The van der Waals surface area contributed by atoms with E-state index in [0.29, 0.717) is 6.42 Å². The summed E-state index contributed by atoms with van der Waals surface area (Å²) in [6.45, 7) is 6.56. The van der Waals surface area contributed by atoms with Crippen LogP contribution in [0.3, 0.4) is 0 Å². The monoisotopic (exact) mass is 283 g/mol. The first-order valence-electron chi connectivity index (χ1n) is 8.55. The van der Waals surface area contributed by atoms with Gasteiger partial charge in [-0.15, -0.1) is 0 Å². The van der Waals surface area contributed by atoms with Crippen LogP contribution in [0.25, 0.3) is 0 Å². The molecule has 1 fully saturated rings. The molecule has 1 N–H and O–H groups in total. The second kappa shape index (κ2) is 9.38. The van der Waals surface area contributed by atoms with Crippen molar-refractivity contribution >= 4 is 5.97 Å². The first kappa shape index (κ1) is 17.5. The lowest BCUT2D eigenvalue weighted by Crippen LogP contribution is -2.48. The smallest absolute Gasteiger partial charge is 0.305 e. The number of carbonyl (C=O) groups is 1. The van der Waals surface area contributed by atoms with Gasteiger partial charge in [-0.2, -0.15) is 0 Å². The third-order valence-corrected chi connectivity index (χ3v) is 4.72. The van der Waals surface area contributed by atoms with Crippen LogP contribution in [0.1, 0.15) is 84.5 Å². The lowest BCUT2D eigenvalue weighted by atomic mass is 9.88. The summed E-state index contributed by atoms with van der Waals surface area (Å²) >= 11 is 0. The van der Waals surface area contributed by atoms with E-state index in [1.54, 1.807) is 0 Å². The molecule has 0 amide bonds. The molecule has 3 heteroatoms. The molecule has 1 aliphatic rings. The second-order valence-electron chi connectivity index (χ2n) is 6.63. The van der Waals surface area contributed by atoms with E-state index in [9.17, 15) is 9.90 Å². The van der Waals surface area contributed by atoms with Crippen molar-refractivity contribution in [1.82, 2.24) is 4.90 Å². The summed E-state index contributed by atoms with van der Waals surface area (Å²) in [6.07, 6.45) is 12.7. The van der Waals surface area contributed by atoms with Gasteiger partial charge in [0.05, 0.1) is 6.42 Å². The zero-order valence-electron chi connectivity index (χ0n) is 13.5. The molecule has 0 aromatic rings. The van der Waals surface area contributed by atoms with Gasteiger partial charge in [-0.1, -0.05) is 51.9 Å². The summed E-state index contributed by atoms with van der Waals surface area (Å²) < 4.78 is 0. The molecule has 3 nitrogen and oxygen atoms in total. The Morgan fingerprint density at radius 1 is 1.05 bits per heavy atom. The van der Waals surface area contributed by atoms with Crippen LogP contribution < -0.4 is 0 Å². The first-order valence-corrected chi connectivity index (χ1v) is 8.55. The Morgan fingerprint density at radius 3 is 2.20 bits per heavy atom. The molecule has 0 spiro atoms. The minimum atomic E-state index is -0.648. The molecular formula is C17H33NO2. The maximum Gasteiger partial charge on any atom is 0.305 e. The normalized spacial score (nSPS) is 20.3. The third kappa shape index (κ3) is 6.25. The van der Waals surface area contributed by atoms with Crippen molar-refractivity contribution < 1.29 is 9.90 Å². The Morgan fingerprint density at radius 2 is 1.65 bits per heavy atom. The van der Waals surface area contributed by atoms with Gasteiger partial charge >= 0.3 is 5.97 Å². The molecule has 0 aliphatic carbocycles. The number of hydrogen-bond donors (Lipinski definition) is 1. The molecule has 1 heterocycles. The summed E-state index contributed by atoms with van der Waals surface area (Å²) in [5.74, 6) is -0.648.